The lowest BCUT2D eigenvalue weighted by molar-refractivity contribution is 0.408. The predicted molar refractivity (Wildman–Crippen MR) is 80.2 cm³/mol. The number of rotatable bonds is 3. The summed E-state index contributed by atoms with van der Waals surface area (Å²) >= 11 is 12.8. The number of ether oxygens (including phenoxy) is 2. The van der Waals surface area contributed by atoms with E-state index in [0.29, 0.717) is 28.1 Å². The Balaban J connectivity index is 2.38. The zero-order valence-electron chi connectivity index (χ0n) is 10.1. The van der Waals surface area contributed by atoms with Crippen LogP contribution in [0.5, 0.6) is 17.4 Å². The lowest BCUT2D eigenvalue weighted by Gasteiger charge is -2.11. The summed E-state index contributed by atoms with van der Waals surface area (Å²) in [6.45, 7) is 1.80. The topological polar surface area (TPSA) is 44.2 Å². The van der Waals surface area contributed by atoms with Crippen LogP contribution in [0, 0.1) is 6.92 Å². The third kappa shape index (κ3) is 3.19. The van der Waals surface area contributed by atoms with E-state index in [4.69, 9.17) is 21.1 Å². The Hall–Kier alpha value is -0.850. The van der Waals surface area contributed by atoms with Crippen molar-refractivity contribution < 1.29 is 9.47 Å². The van der Waals surface area contributed by atoms with Gasteiger partial charge >= 0.3 is 0 Å². The van der Waals surface area contributed by atoms with Gasteiger partial charge in [-0.3, -0.25) is 0 Å². The molecule has 0 atom stereocenters. The van der Waals surface area contributed by atoms with Crippen LogP contribution in [0.1, 0.15) is 5.56 Å². The molecule has 1 aromatic heterocycles. The highest BCUT2D eigenvalue weighted by Gasteiger charge is 2.12. The molecule has 7 heteroatoms. The maximum Gasteiger partial charge on any atom is 0.226 e. The van der Waals surface area contributed by atoms with Crippen LogP contribution in [0.25, 0.3) is 0 Å². The second-order valence-corrected chi connectivity index (χ2v) is 5.68. The molecule has 19 heavy (non-hydrogen) atoms. The molecule has 0 bridgehead atoms. The highest BCUT2D eigenvalue weighted by Crippen LogP contribution is 2.38. The standard InChI is InChI=1S/C12H9Br2ClN2O2/c1-6-11(15)16-5-17-12(6)19-10-4-7(13)9(18-2)3-8(10)14/h3-5H,1-2H3. The first kappa shape index (κ1) is 14.6. The molecule has 0 saturated heterocycles. The van der Waals surface area contributed by atoms with Gasteiger partial charge in [0.2, 0.25) is 5.88 Å². The maximum absolute atomic E-state index is 5.93. The fourth-order valence-electron chi connectivity index (χ4n) is 1.37. The Morgan fingerprint density at radius 1 is 1.11 bits per heavy atom. The van der Waals surface area contributed by atoms with Crippen LogP contribution in [0.2, 0.25) is 5.15 Å². The van der Waals surface area contributed by atoms with Gasteiger partial charge in [0.05, 0.1) is 16.1 Å². The summed E-state index contributed by atoms with van der Waals surface area (Å²) in [5.74, 6) is 1.72. The van der Waals surface area contributed by atoms with E-state index < -0.39 is 0 Å². The Labute approximate surface area is 132 Å². The van der Waals surface area contributed by atoms with Gasteiger partial charge in [-0.15, -0.1) is 0 Å². The molecule has 100 valence electrons. The number of methoxy groups -OCH3 is 1. The Kier molecular flexibility index (Phi) is 4.65. The molecule has 4 nitrogen and oxygen atoms in total. The van der Waals surface area contributed by atoms with Crippen molar-refractivity contribution in [1.82, 2.24) is 9.97 Å². The van der Waals surface area contributed by atoms with Gasteiger partial charge < -0.3 is 9.47 Å². The number of halogens is 3. The smallest absolute Gasteiger partial charge is 0.226 e. The molecule has 0 fully saturated rings. The highest BCUT2D eigenvalue weighted by molar-refractivity contribution is 9.11. The van der Waals surface area contributed by atoms with Gasteiger partial charge in [0.15, 0.2) is 0 Å². The zero-order valence-corrected chi connectivity index (χ0v) is 14.0. The molecule has 0 saturated carbocycles. The summed E-state index contributed by atoms with van der Waals surface area (Å²) in [5.41, 5.74) is 0.683. The SMILES string of the molecule is COc1cc(Br)c(Oc2ncnc(Cl)c2C)cc1Br. The van der Waals surface area contributed by atoms with Crippen LogP contribution >= 0.6 is 43.5 Å². The van der Waals surface area contributed by atoms with Crippen LogP contribution in [0.15, 0.2) is 27.4 Å². The molecule has 1 heterocycles. The monoisotopic (exact) mass is 406 g/mol. The van der Waals surface area contributed by atoms with E-state index in [1.165, 1.54) is 6.33 Å². The van der Waals surface area contributed by atoms with Crippen molar-refractivity contribution in [1.29, 1.82) is 0 Å². The van der Waals surface area contributed by atoms with E-state index >= 15 is 0 Å². The van der Waals surface area contributed by atoms with Gasteiger partial charge in [0, 0.05) is 5.56 Å². The zero-order chi connectivity index (χ0) is 14.0. The van der Waals surface area contributed by atoms with Crippen LogP contribution in [-0.2, 0) is 0 Å². The van der Waals surface area contributed by atoms with Crippen molar-refractivity contribution in [2.24, 2.45) is 0 Å². The molecule has 2 aromatic rings. The fraction of sp³-hybridized carbons (Fsp3) is 0.167. The van der Waals surface area contributed by atoms with Gasteiger partial charge in [-0.25, -0.2) is 9.97 Å². The van der Waals surface area contributed by atoms with E-state index in [1.54, 1.807) is 26.2 Å². The van der Waals surface area contributed by atoms with Crippen LogP contribution in [0.3, 0.4) is 0 Å². The lowest BCUT2D eigenvalue weighted by atomic mass is 10.3. The van der Waals surface area contributed by atoms with Crippen LogP contribution in [0.4, 0.5) is 0 Å². The average Bonchev–Trinajstić information content (AvgIpc) is 2.38. The third-order valence-corrected chi connectivity index (χ3v) is 4.01. The largest absolute Gasteiger partial charge is 0.496 e. The van der Waals surface area contributed by atoms with Crippen molar-refractivity contribution in [2.45, 2.75) is 6.92 Å². The quantitative estimate of drug-likeness (QED) is 0.687. The normalized spacial score (nSPS) is 10.4. The second kappa shape index (κ2) is 6.07. The van der Waals surface area contributed by atoms with E-state index in [2.05, 4.69) is 41.8 Å². The first-order valence-electron chi connectivity index (χ1n) is 5.21. The van der Waals surface area contributed by atoms with Gasteiger partial charge in [0.1, 0.15) is 23.0 Å². The van der Waals surface area contributed by atoms with Gasteiger partial charge in [0.25, 0.3) is 0 Å². The summed E-state index contributed by atoms with van der Waals surface area (Å²) in [4.78, 5) is 7.94. The van der Waals surface area contributed by atoms with Gasteiger partial charge in [-0.1, -0.05) is 11.6 Å². The van der Waals surface area contributed by atoms with Crippen LogP contribution in [-0.4, -0.2) is 17.1 Å². The van der Waals surface area contributed by atoms with Crippen molar-refractivity contribution in [2.75, 3.05) is 7.11 Å². The molecule has 1 aromatic carbocycles. The minimum absolute atomic E-state index is 0.369. The summed E-state index contributed by atoms with van der Waals surface area (Å²) in [6.07, 6.45) is 1.36. The molecular formula is C12H9Br2ClN2O2. The summed E-state index contributed by atoms with van der Waals surface area (Å²) in [7, 11) is 1.60. The maximum atomic E-state index is 5.93. The number of aromatic nitrogens is 2. The second-order valence-electron chi connectivity index (χ2n) is 3.61. The minimum Gasteiger partial charge on any atom is -0.496 e. The first-order valence-corrected chi connectivity index (χ1v) is 7.17. The van der Waals surface area contributed by atoms with Gasteiger partial charge in [-0.2, -0.15) is 0 Å². The number of benzene rings is 1. The van der Waals surface area contributed by atoms with Gasteiger partial charge in [-0.05, 0) is 50.9 Å². The number of nitrogens with zero attached hydrogens (tertiary/aromatic N) is 2. The molecular weight excluding hydrogens is 399 g/mol. The van der Waals surface area contributed by atoms with E-state index in [9.17, 15) is 0 Å². The molecule has 0 unspecified atom stereocenters. The molecule has 0 spiro atoms. The summed E-state index contributed by atoms with van der Waals surface area (Å²) in [6, 6.07) is 3.59. The molecule has 0 N–H and O–H groups in total. The predicted octanol–water partition coefficient (Wildman–Crippen LogP) is 4.76. The molecule has 0 aliphatic rings. The molecule has 0 radical (unpaired) electrons. The Morgan fingerprint density at radius 2 is 1.74 bits per heavy atom. The lowest BCUT2D eigenvalue weighted by Crippen LogP contribution is -1.95. The molecule has 0 aliphatic heterocycles. The van der Waals surface area contributed by atoms with E-state index in [-0.39, 0.29) is 0 Å². The number of hydrogen-bond donors (Lipinski definition) is 0. The molecule has 2 rings (SSSR count). The van der Waals surface area contributed by atoms with Crippen molar-refractivity contribution in [3.63, 3.8) is 0 Å². The highest BCUT2D eigenvalue weighted by atomic mass is 79.9. The third-order valence-electron chi connectivity index (χ3n) is 2.39. The molecule has 0 aliphatic carbocycles. The Bertz CT molecular complexity index is 623. The van der Waals surface area contributed by atoms with Crippen LogP contribution < -0.4 is 9.47 Å². The van der Waals surface area contributed by atoms with E-state index in [0.717, 1.165) is 8.95 Å². The Morgan fingerprint density at radius 3 is 2.42 bits per heavy atom. The summed E-state index contributed by atoms with van der Waals surface area (Å²) in [5, 5.41) is 0.369. The minimum atomic E-state index is 0.369. The first-order chi connectivity index (χ1) is 9.02. The fourth-order valence-corrected chi connectivity index (χ4v) is 2.38. The molecule has 0 amide bonds. The average molecular weight is 408 g/mol. The van der Waals surface area contributed by atoms with Crippen molar-refractivity contribution in [3.8, 4) is 17.4 Å². The van der Waals surface area contributed by atoms with E-state index in [1.807, 2.05) is 0 Å². The summed E-state index contributed by atoms with van der Waals surface area (Å²) < 4.78 is 12.5. The van der Waals surface area contributed by atoms with Crippen molar-refractivity contribution in [3.05, 3.63) is 38.1 Å². The number of hydrogen-bond acceptors (Lipinski definition) is 4. The van der Waals surface area contributed by atoms with Crippen molar-refractivity contribution >= 4 is 43.5 Å².